The van der Waals surface area contributed by atoms with Crippen LogP contribution in [-0.2, 0) is 14.3 Å². The maximum absolute atomic E-state index is 11.8. The number of hydrogen-bond acceptors (Lipinski definition) is 3. The van der Waals surface area contributed by atoms with Crippen molar-refractivity contribution in [3.8, 4) is 0 Å². The summed E-state index contributed by atoms with van der Waals surface area (Å²) in [6, 6.07) is 0. The number of carbonyl (C=O) groups excluding carboxylic acids is 1. The first kappa shape index (κ1) is 18.1. The minimum absolute atomic E-state index is 0.0242. The fraction of sp³-hybridized carbons (Fsp3) is 0.818. The quantitative estimate of drug-likeness (QED) is 0.578. The first-order valence-electron chi connectivity index (χ1n) is 10.4. The smallest absolute Gasteiger partial charge is 0.307 e. The average molecular weight is 360 g/mol. The predicted octanol–water partition coefficient (Wildman–Crippen LogP) is 4.58. The highest BCUT2D eigenvalue weighted by Crippen LogP contribution is 2.66. The number of hydrogen-bond donors (Lipinski definition) is 1. The topological polar surface area (TPSA) is 63.6 Å². The first-order chi connectivity index (χ1) is 12.3. The lowest BCUT2D eigenvalue weighted by molar-refractivity contribution is -0.151. The summed E-state index contributed by atoms with van der Waals surface area (Å²) in [6.07, 6.45) is 10.6. The highest BCUT2D eigenvalue weighted by atomic mass is 16.5. The van der Waals surface area contributed by atoms with Gasteiger partial charge in [-0.05, 0) is 73.5 Å². The van der Waals surface area contributed by atoms with Crippen molar-refractivity contribution in [2.45, 2.75) is 78.2 Å². The molecule has 3 fully saturated rings. The molecule has 4 aliphatic carbocycles. The Morgan fingerprint density at radius 3 is 2.58 bits per heavy atom. The number of carboxylic acid groups (broad SMARTS) is 1. The van der Waals surface area contributed by atoms with Crippen molar-refractivity contribution in [3.63, 3.8) is 0 Å². The Morgan fingerprint density at radius 2 is 1.88 bits per heavy atom. The number of allylic oxidation sites excluding steroid dienone is 1. The molecule has 0 heterocycles. The molecule has 0 aromatic rings. The van der Waals surface area contributed by atoms with Crippen LogP contribution in [0.4, 0.5) is 0 Å². The van der Waals surface area contributed by atoms with E-state index in [9.17, 15) is 14.7 Å². The minimum Gasteiger partial charge on any atom is -0.481 e. The summed E-state index contributed by atoms with van der Waals surface area (Å²) in [4.78, 5) is 23.1. The lowest BCUT2D eigenvalue weighted by Gasteiger charge is -2.57. The standard InChI is InChI=1S/C22H32O4/c1-13(23)26-15-8-10-21(2)14(12-15)4-5-16-17-6-7-19(20(24)25)22(17,3)11-9-18(16)21/h4,15-19H,5-12H2,1-3H3,(H,24,25)/t15-,16?,17?,18?,19+,21?,22?/m0/s1. The van der Waals surface area contributed by atoms with E-state index in [0.29, 0.717) is 17.8 Å². The fourth-order valence-electron chi connectivity index (χ4n) is 7.37. The van der Waals surface area contributed by atoms with Crippen LogP contribution < -0.4 is 0 Å². The molecule has 4 rings (SSSR count). The largest absolute Gasteiger partial charge is 0.481 e. The second-order valence-corrected chi connectivity index (χ2v) is 9.75. The van der Waals surface area contributed by atoms with Crippen LogP contribution in [0.2, 0.25) is 0 Å². The van der Waals surface area contributed by atoms with E-state index in [1.165, 1.54) is 12.5 Å². The molecule has 4 nitrogen and oxygen atoms in total. The number of carbonyl (C=O) groups is 2. The van der Waals surface area contributed by atoms with E-state index < -0.39 is 5.97 Å². The molecule has 0 amide bonds. The van der Waals surface area contributed by atoms with Gasteiger partial charge in [-0.25, -0.2) is 0 Å². The van der Waals surface area contributed by atoms with Gasteiger partial charge in [0.15, 0.2) is 0 Å². The number of esters is 1. The molecule has 3 saturated carbocycles. The lowest BCUT2D eigenvalue weighted by Crippen LogP contribution is -2.51. The molecule has 0 saturated heterocycles. The van der Waals surface area contributed by atoms with Gasteiger partial charge in [0.25, 0.3) is 0 Å². The zero-order valence-electron chi connectivity index (χ0n) is 16.3. The minimum atomic E-state index is -0.589. The molecule has 0 aromatic carbocycles. The van der Waals surface area contributed by atoms with E-state index in [4.69, 9.17) is 4.74 Å². The van der Waals surface area contributed by atoms with E-state index in [1.807, 2.05) is 0 Å². The van der Waals surface area contributed by atoms with Crippen molar-refractivity contribution < 1.29 is 19.4 Å². The third kappa shape index (κ3) is 2.55. The Bertz CT molecular complexity index is 653. The third-order valence-corrected chi connectivity index (χ3v) is 8.69. The zero-order valence-corrected chi connectivity index (χ0v) is 16.3. The van der Waals surface area contributed by atoms with Gasteiger partial charge in [-0.1, -0.05) is 25.5 Å². The van der Waals surface area contributed by atoms with Crippen molar-refractivity contribution >= 4 is 11.9 Å². The van der Waals surface area contributed by atoms with E-state index in [2.05, 4.69) is 19.9 Å². The molecule has 7 atom stereocenters. The van der Waals surface area contributed by atoms with Crippen LogP contribution in [0.25, 0.3) is 0 Å². The first-order valence-corrected chi connectivity index (χ1v) is 10.4. The molecule has 4 heteroatoms. The summed E-state index contributed by atoms with van der Waals surface area (Å²) < 4.78 is 5.50. The molecular formula is C22H32O4. The van der Waals surface area contributed by atoms with Crippen LogP contribution >= 0.6 is 0 Å². The lowest BCUT2D eigenvalue weighted by atomic mass is 9.47. The maximum Gasteiger partial charge on any atom is 0.307 e. The summed E-state index contributed by atoms with van der Waals surface area (Å²) in [5.41, 5.74) is 1.68. The summed E-state index contributed by atoms with van der Waals surface area (Å²) in [6.45, 7) is 6.17. The van der Waals surface area contributed by atoms with Crippen LogP contribution in [0.5, 0.6) is 0 Å². The van der Waals surface area contributed by atoms with Gasteiger partial charge >= 0.3 is 11.9 Å². The van der Waals surface area contributed by atoms with Crippen molar-refractivity contribution in [1.82, 2.24) is 0 Å². The summed E-state index contributed by atoms with van der Waals surface area (Å²) in [5, 5.41) is 9.70. The average Bonchev–Trinajstić information content (AvgIpc) is 2.92. The molecule has 0 spiro atoms. The summed E-state index contributed by atoms with van der Waals surface area (Å²) >= 11 is 0. The monoisotopic (exact) mass is 360 g/mol. The molecule has 144 valence electrons. The van der Waals surface area contributed by atoms with Gasteiger partial charge in [0.05, 0.1) is 5.92 Å². The summed E-state index contributed by atoms with van der Waals surface area (Å²) in [5.74, 6) is 0.901. The highest BCUT2D eigenvalue weighted by Gasteiger charge is 2.60. The van der Waals surface area contributed by atoms with Gasteiger partial charge in [0.2, 0.25) is 0 Å². The van der Waals surface area contributed by atoms with Gasteiger partial charge in [-0.15, -0.1) is 0 Å². The Labute approximate surface area is 156 Å². The molecule has 0 bridgehead atoms. The maximum atomic E-state index is 11.8. The Balaban J connectivity index is 1.59. The van der Waals surface area contributed by atoms with E-state index in [0.717, 1.165) is 51.4 Å². The van der Waals surface area contributed by atoms with Crippen molar-refractivity contribution in [2.75, 3.05) is 0 Å². The fourth-order valence-corrected chi connectivity index (χ4v) is 7.37. The molecule has 5 unspecified atom stereocenters. The SMILES string of the molecule is CC(=O)O[C@H]1CCC2(C)C(=CCC3C2CCC2(C)C3CC[C@@H]2C(=O)O)C1. The predicted molar refractivity (Wildman–Crippen MR) is 98.4 cm³/mol. The van der Waals surface area contributed by atoms with Gasteiger partial charge in [-0.3, -0.25) is 9.59 Å². The number of rotatable bonds is 2. The second kappa shape index (κ2) is 6.10. The van der Waals surface area contributed by atoms with Crippen LogP contribution in [0.15, 0.2) is 11.6 Å². The summed E-state index contributed by atoms with van der Waals surface area (Å²) in [7, 11) is 0. The molecule has 0 aromatic heterocycles. The van der Waals surface area contributed by atoms with Crippen LogP contribution in [-0.4, -0.2) is 23.1 Å². The number of carboxylic acids is 1. The number of aliphatic carboxylic acids is 1. The molecule has 0 radical (unpaired) electrons. The van der Waals surface area contributed by atoms with Gasteiger partial charge < -0.3 is 9.84 Å². The van der Waals surface area contributed by atoms with E-state index in [1.54, 1.807) is 0 Å². The van der Waals surface area contributed by atoms with Gasteiger partial charge in [0.1, 0.15) is 6.10 Å². The molecule has 26 heavy (non-hydrogen) atoms. The number of fused-ring (bicyclic) bond motifs is 5. The Kier molecular flexibility index (Phi) is 4.24. The molecule has 0 aliphatic heterocycles. The highest BCUT2D eigenvalue weighted by molar-refractivity contribution is 5.71. The van der Waals surface area contributed by atoms with Crippen molar-refractivity contribution in [2.24, 2.45) is 34.5 Å². The van der Waals surface area contributed by atoms with Crippen LogP contribution in [0.3, 0.4) is 0 Å². The second-order valence-electron chi connectivity index (χ2n) is 9.75. The molecule has 1 N–H and O–H groups in total. The van der Waals surface area contributed by atoms with Crippen LogP contribution in [0, 0.1) is 34.5 Å². The molecule has 4 aliphatic rings. The number of ether oxygens (including phenoxy) is 1. The van der Waals surface area contributed by atoms with Crippen molar-refractivity contribution in [3.05, 3.63) is 11.6 Å². The van der Waals surface area contributed by atoms with E-state index in [-0.39, 0.29) is 28.8 Å². The molecular weight excluding hydrogens is 328 g/mol. The van der Waals surface area contributed by atoms with Gasteiger partial charge in [-0.2, -0.15) is 0 Å². The van der Waals surface area contributed by atoms with Gasteiger partial charge in [0, 0.05) is 13.3 Å². The zero-order chi connectivity index (χ0) is 18.7. The van der Waals surface area contributed by atoms with Crippen LogP contribution in [0.1, 0.15) is 72.1 Å². The Morgan fingerprint density at radius 1 is 1.12 bits per heavy atom. The third-order valence-electron chi connectivity index (χ3n) is 8.69. The van der Waals surface area contributed by atoms with E-state index >= 15 is 0 Å². The normalized spacial score (nSPS) is 47.2. The van der Waals surface area contributed by atoms with Crippen molar-refractivity contribution in [1.29, 1.82) is 0 Å². The Hall–Kier alpha value is -1.32.